The number of halogens is 3. The highest BCUT2D eigenvalue weighted by Gasteiger charge is 2.35. The van der Waals surface area contributed by atoms with Gasteiger partial charge in [0.1, 0.15) is 0 Å². The summed E-state index contributed by atoms with van der Waals surface area (Å²) in [6.07, 6.45) is 1.67. The number of methoxy groups -OCH3 is 2. The first kappa shape index (κ1) is 26.5. The molecule has 1 aromatic heterocycles. The first-order chi connectivity index (χ1) is 17.2. The third-order valence-corrected chi connectivity index (χ3v) is 8.09. The van der Waals surface area contributed by atoms with Crippen LogP contribution in [-0.2, 0) is 9.53 Å². The van der Waals surface area contributed by atoms with Crippen LogP contribution in [0.15, 0.2) is 55.9 Å². The Morgan fingerprint density at radius 2 is 1.92 bits per heavy atom. The number of benzene rings is 2. The number of esters is 1. The molecule has 2 heterocycles. The van der Waals surface area contributed by atoms with Gasteiger partial charge in [0.2, 0.25) is 0 Å². The number of thiazole rings is 1. The highest BCUT2D eigenvalue weighted by molar-refractivity contribution is 9.10. The minimum Gasteiger partial charge on any atom is -0.493 e. The average molecular weight is 612 g/mol. The summed E-state index contributed by atoms with van der Waals surface area (Å²) in [6, 6.07) is 7.83. The lowest BCUT2D eigenvalue weighted by molar-refractivity contribution is -0.139. The summed E-state index contributed by atoms with van der Waals surface area (Å²) < 4.78 is 18.7. The smallest absolute Gasteiger partial charge is 0.338 e. The molecule has 11 heteroatoms. The molecule has 188 valence electrons. The van der Waals surface area contributed by atoms with Crippen molar-refractivity contribution in [3.05, 3.63) is 86.9 Å². The standard InChI is InChI=1S/C25H21BrCl2N2O5S/c1-5-35-24(32)20-12(2)29-25-30(22(20)14-10-17(33-3)18(34-4)11-15(14)26)23(31)19(36-25)9-13-7-6-8-16(27)21(13)28/h6-11,22H,5H2,1-4H3/b19-9-/t22-/m0/s1. The quantitative estimate of drug-likeness (QED) is 0.371. The van der Waals surface area contributed by atoms with E-state index in [1.54, 1.807) is 50.3 Å². The molecule has 36 heavy (non-hydrogen) atoms. The van der Waals surface area contributed by atoms with Crippen LogP contribution in [0.1, 0.15) is 31.0 Å². The van der Waals surface area contributed by atoms with Gasteiger partial charge in [0.25, 0.3) is 5.56 Å². The molecule has 3 aromatic rings. The maximum atomic E-state index is 13.8. The predicted molar refractivity (Wildman–Crippen MR) is 144 cm³/mol. The fourth-order valence-electron chi connectivity index (χ4n) is 3.94. The van der Waals surface area contributed by atoms with Gasteiger partial charge in [0.15, 0.2) is 16.3 Å². The monoisotopic (exact) mass is 610 g/mol. The van der Waals surface area contributed by atoms with E-state index in [4.69, 9.17) is 37.4 Å². The number of ether oxygens (including phenoxy) is 3. The Bertz CT molecular complexity index is 1580. The van der Waals surface area contributed by atoms with Crippen LogP contribution in [0, 0.1) is 0 Å². The van der Waals surface area contributed by atoms with Gasteiger partial charge in [-0.25, -0.2) is 9.79 Å². The zero-order valence-electron chi connectivity index (χ0n) is 19.7. The van der Waals surface area contributed by atoms with E-state index in [0.29, 0.717) is 52.2 Å². The third-order valence-electron chi connectivity index (χ3n) is 5.58. The Hall–Kier alpha value is -2.59. The van der Waals surface area contributed by atoms with Crippen LogP contribution < -0.4 is 24.4 Å². The second-order valence-electron chi connectivity index (χ2n) is 7.67. The van der Waals surface area contributed by atoms with E-state index >= 15 is 0 Å². The molecule has 0 bridgehead atoms. The summed E-state index contributed by atoms with van der Waals surface area (Å²) >= 11 is 17.3. The lowest BCUT2D eigenvalue weighted by atomic mass is 9.95. The maximum Gasteiger partial charge on any atom is 0.338 e. The molecule has 0 radical (unpaired) electrons. The Labute approximate surface area is 229 Å². The first-order valence-electron chi connectivity index (χ1n) is 10.8. The minimum atomic E-state index is -0.827. The molecular weight excluding hydrogens is 591 g/mol. The lowest BCUT2D eigenvalue weighted by Gasteiger charge is -2.26. The lowest BCUT2D eigenvalue weighted by Crippen LogP contribution is -2.40. The number of hydrogen-bond donors (Lipinski definition) is 0. The van der Waals surface area contributed by atoms with E-state index < -0.39 is 12.0 Å². The van der Waals surface area contributed by atoms with E-state index in [9.17, 15) is 9.59 Å². The normalized spacial score (nSPS) is 15.4. The van der Waals surface area contributed by atoms with Crippen molar-refractivity contribution in [3.63, 3.8) is 0 Å². The van der Waals surface area contributed by atoms with E-state index in [0.717, 1.165) is 0 Å². The maximum absolute atomic E-state index is 13.8. The fraction of sp³-hybridized carbons (Fsp3) is 0.240. The Morgan fingerprint density at radius 1 is 1.22 bits per heavy atom. The molecule has 0 N–H and O–H groups in total. The fourth-order valence-corrected chi connectivity index (χ4v) is 5.88. The SMILES string of the molecule is CCOC(=O)C1=C(C)N=c2s/c(=C\c3cccc(Cl)c3Cl)c(=O)n2[C@H]1c1cc(OC)c(OC)cc1Br. The summed E-state index contributed by atoms with van der Waals surface area (Å²) in [5.74, 6) is 0.383. The Morgan fingerprint density at radius 3 is 2.58 bits per heavy atom. The molecule has 0 spiro atoms. The van der Waals surface area contributed by atoms with Crippen molar-refractivity contribution in [2.45, 2.75) is 19.9 Å². The van der Waals surface area contributed by atoms with E-state index in [-0.39, 0.29) is 17.7 Å². The summed E-state index contributed by atoms with van der Waals surface area (Å²) in [6.45, 7) is 3.62. The van der Waals surface area contributed by atoms with Crippen LogP contribution in [0.25, 0.3) is 6.08 Å². The van der Waals surface area contributed by atoms with Crippen molar-refractivity contribution in [2.24, 2.45) is 4.99 Å². The summed E-state index contributed by atoms with van der Waals surface area (Å²) in [5.41, 5.74) is 1.58. The van der Waals surface area contributed by atoms with Crippen molar-refractivity contribution in [2.75, 3.05) is 20.8 Å². The van der Waals surface area contributed by atoms with Crippen LogP contribution in [0.2, 0.25) is 10.0 Å². The molecule has 1 aliphatic rings. The largest absolute Gasteiger partial charge is 0.493 e. The average Bonchev–Trinajstić information content (AvgIpc) is 3.15. The zero-order chi connectivity index (χ0) is 26.1. The second kappa shape index (κ2) is 10.8. The van der Waals surface area contributed by atoms with Gasteiger partial charge in [0.05, 0.1) is 52.7 Å². The second-order valence-corrected chi connectivity index (χ2v) is 10.3. The van der Waals surface area contributed by atoms with Crippen molar-refractivity contribution in [3.8, 4) is 11.5 Å². The number of fused-ring (bicyclic) bond motifs is 1. The third kappa shape index (κ3) is 4.72. The summed E-state index contributed by atoms with van der Waals surface area (Å²) in [4.78, 5) is 31.9. The number of hydrogen-bond acceptors (Lipinski definition) is 7. The van der Waals surface area contributed by atoms with E-state index in [1.165, 1.54) is 30.1 Å². The zero-order valence-corrected chi connectivity index (χ0v) is 23.6. The Balaban J connectivity index is 2.03. The van der Waals surface area contributed by atoms with Crippen LogP contribution in [0.3, 0.4) is 0 Å². The molecule has 0 amide bonds. The van der Waals surface area contributed by atoms with Gasteiger partial charge in [-0.05, 0) is 49.2 Å². The molecule has 2 aromatic carbocycles. The van der Waals surface area contributed by atoms with E-state index in [2.05, 4.69) is 20.9 Å². The highest BCUT2D eigenvalue weighted by Crippen LogP contribution is 2.40. The molecule has 7 nitrogen and oxygen atoms in total. The van der Waals surface area contributed by atoms with Crippen molar-refractivity contribution >= 4 is 62.5 Å². The molecule has 0 unspecified atom stereocenters. The summed E-state index contributed by atoms with van der Waals surface area (Å²) in [7, 11) is 3.05. The number of aromatic nitrogens is 1. The number of rotatable bonds is 6. The van der Waals surface area contributed by atoms with Crippen molar-refractivity contribution in [1.29, 1.82) is 0 Å². The molecule has 0 saturated heterocycles. The number of nitrogens with zero attached hydrogens (tertiary/aromatic N) is 2. The molecule has 1 atom stereocenters. The van der Waals surface area contributed by atoms with Crippen molar-refractivity contribution in [1.82, 2.24) is 4.57 Å². The predicted octanol–water partition coefficient (Wildman–Crippen LogP) is 4.88. The summed E-state index contributed by atoms with van der Waals surface area (Å²) in [5, 5.41) is 0.721. The van der Waals surface area contributed by atoms with Crippen LogP contribution >= 0.6 is 50.5 Å². The van der Waals surface area contributed by atoms with Gasteiger partial charge in [0, 0.05) is 4.47 Å². The molecule has 1 aliphatic heterocycles. The van der Waals surface area contributed by atoms with Gasteiger partial charge >= 0.3 is 5.97 Å². The van der Waals surface area contributed by atoms with Gasteiger partial charge in [-0.2, -0.15) is 0 Å². The first-order valence-corrected chi connectivity index (χ1v) is 13.1. The van der Waals surface area contributed by atoms with Crippen LogP contribution in [-0.4, -0.2) is 31.4 Å². The molecular formula is C25H21BrCl2N2O5S. The van der Waals surface area contributed by atoms with Gasteiger partial charge in [-0.3, -0.25) is 9.36 Å². The van der Waals surface area contributed by atoms with E-state index in [1.807, 2.05) is 0 Å². The Kier molecular flexibility index (Phi) is 7.94. The van der Waals surface area contributed by atoms with Gasteiger partial charge < -0.3 is 14.2 Å². The number of allylic oxidation sites excluding steroid dienone is 1. The van der Waals surface area contributed by atoms with Gasteiger partial charge in [-0.1, -0.05) is 62.6 Å². The van der Waals surface area contributed by atoms with Gasteiger partial charge in [-0.15, -0.1) is 0 Å². The van der Waals surface area contributed by atoms with Crippen molar-refractivity contribution < 1.29 is 19.0 Å². The minimum absolute atomic E-state index is 0.174. The van der Waals surface area contributed by atoms with Crippen LogP contribution in [0.4, 0.5) is 0 Å². The molecule has 0 saturated carbocycles. The molecule has 4 rings (SSSR count). The number of carbonyl (C=O) groups excluding carboxylic acids is 1. The molecule has 0 fully saturated rings. The molecule has 0 aliphatic carbocycles. The highest BCUT2D eigenvalue weighted by atomic mass is 79.9. The van der Waals surface area contributed by atoms with Crippen LogP contribution in [0.5, 0.6) is 11.5 Å². The topological polar surface area (TPSA) is 79.1 Å². The number of carbonyl (C=O) groups is 1.